The molecule has 0 unspecified atom stereocenters. The maximum atomic E-state index is 11.5. The number of aromatic nitrogens is 3. The van der Waals surface area contributed by atoms with Gasteiger partial charge in [0.05, 0.1) is 40.7 Å². The lowest BCUT2D eigenvalue weighted by atomic mass is 9.99. The molecule has 4 rings (SSSR count). The van der Waals surface area contributed by atoms with Gasteiger partial charge in [-0.1, -0.05) is 30.3 Å². The van der Waals surface area contributed by atoms with Gasteiger partial charge in [-0.2, -0.15) is 0 Å². The van der Waals surface area contributed by atoms with E-state index in [0.717, 1.165) is 26.5 Å². The van der Waals surface area contributed by atoms with Crippen molar-refractivity contribution in [1.29, 1.82) is 0 Å². The second-order valence-corrected chi connectivity index (χ2v) is 8.89. The molecule has 0 fully saturated rings. The summed E-state index contributed by atoms with van der Waals surface area (Å²) in [6.45, 7) is 4.95. The molecule has 0 aliphatic heterocycles. The average molecular weight is 451 g/mol. The van der Waals surface area contributed by atoms with Gasteiger partial charge in [-0.3, -0.25) is 4.79 Å². The summed E-state index contributed by atoms with van der Waals surface area (Å²) in [6.07, 6.45) is 1.96. The first-order valence-electron chi connectivity index (χ1n) is 10.5. The number of nitrogens with zero attached hydrogens (tertiary/aromatic N) is 2. The molecule has 0 bridgehead atoms. The Hall–Kier alpha value is -3.23. The van der Waals surface area contributed by atoms with Crippen LogP contribution in [-0.4, -0.2) is 33.6 Å². The molecule has 8 heteroatoms. The molecule has 2 aromatic carbocycles. The van der Waals surface area contributed by atoms with E-state index in [-0.39, 0.29) is 17.7 Å². The molecule has 7 nitrogen and oxygen atoms in total. The maximum absolute atomic E-state index is 11.5. The highest BCUT2D eigenvalue weighted by Gasteiger charge is 2.24. The third-order valence-corrected chi connectivity index (χ3v) is 6.25. The fraction of sp³-hybridized carbons (Fsp3) is 0.292. The van der Waals surface area contributed by atoms with Crippen molar-refractivity contribution in [2.45, 2.75) is 38.9 Å². The summed E-state index contributed by atoms with van der Waals surface area (Å²) in [4.78, 5) is 23.5. The monoisotopic (exact) mass is 450 g/mol. The molecule has 2 heterocycles. The molecular weight excluding hydrogens is 424 g/mol. The number of benzene rings is 2. The zero-order valence-electron chi connectivity index (χ0n) is 18.1. The fourth-order valence-corrected chi connectivity index (χ4v) is 4.39. The van der Waals surface area contributed by atoms with E-state index in [2.05, 4.69) is 15.0 Å². The van der Waals surface area contributed by atoms with E-state index in [0.29, 0.717) is 25.5 Å². The van der Waals surface area contributed by atoms with Crippen molar-refractivity contribution < 1.29 is 14.3 Å². The number of fused-ring (bicyclic) bond motifs is 1. The molecule has 32 heavy (non-hydrogen) atoms. The highest BCUT2D eigenvalue weighted by molar-refractivity contribution is 7.18. The molecule has 0 aliphatic carbocycles. The van der Waals surface area contributed by atoms with E-state index in [1.54, 1.807) is 11.3 Å². The second-order valence-electron chi connectivity index (χ2n) is 7.65. The van der Waals surface area contributed by atoms with Crippen LogP contribution < -0.4 is 10.5 Å². The molecule has 4 aromatic rings. The van der Waals surface area contributed by atoms with Crippen LogP contribution in [0.3, 0.4) is 0 Å². The summed E-state index contributed by atoms with van der Waals surface area (Å²) in [7, 11) is 0. The fourth-order valence-electron chi connectivity index (χ4n) is 3.58. The minimum absolute atomic E-state index is 0.0999. The number of aryl methyl sites for hydroxylation is 1. The topological polar surface area (TPSA) is 103 Å². The second kappa shape index (κ2) is 9.93. The van der Waals surface area contributed by atoms with Crippen LogP contribution in [0.15, 0.2) is 54.7 Å². The van der Waals surface area contributed by atoms with Crippen LogP contribution in [0.25, 0.3) is 10.2 Å². The Kier molecular flexibility index (Phi) is 6.82. The van der Waals surface area contributed by atoms with Crippen molar-refractivity contribution in [2.75, 3.05) is 6.61 Å². The Morgan fingerprint density at radius 1 is 1.22 bits per heavy atom. The van der Waals surface area contributed by atoms with Gasteiger partial charge in [-0.25, -0.2) is 9.97 Å². The van der Waals surface area contributed by atoms with Crippen LogP contribution in [0.4, 0.5) is 0 Å². The minimum atomic E-state index is -0.538. The highest BCUT2D eigenvalue weighted by Crippen LogP contribution is 2.28. The van der Waals surface area contributed by atoms with Crippen LogP contribution in [0.5, 0.6) is 5.75 Å². The maximum Gasteiger partial charge on any atom is 0.266 e. The number of H-pyrrole nitrogens is 1. The normalized spacial score (nSPS) is 13.2. The Morgan fingerprint density at radius 3 is 2.78 bits per heavy atom. The number of nitrogens with one attached hydrogen (secondary N) is 1. The summed E-state index contributed by atoms with van der Waals surface area (Å²) in [5, 5.41) is 1.03. The Morgan fingerprint density at radius 2 is 2.03 bits per heavy atom. The number of hydrogen-bond acceptors (Lipinski definition) is 6. The van der Waals surface area contributed by atoms with Gasteiger partial charge >= 0.3 is 0 Å². The number of aromatic amines is 1. The number of rotatable bonds is 10. The van der Waals surface area contributed by atoms with Gasteiger partial charge < -0.3 is 20.2 Å². The first-order chi connectivity index (χ1) is 15.5. The average Bonchev–Trinajstić information content (AvgIpc) is 3.41. The summed E-state index contributed by atoms with van der Waals surface area (Å²) >= 11 is 1.67. The lowest BCUT2D eigenvalue weighted by Gasteiger charge is -2.23. The van der Waals surface area contributed by atoms with E-state index in [4.69, 9.17) is 15.2 Å². The standard InChI is InChI=1S/C24H26N4O3S/c1-15(31-14-17-6-4-3-5-7-17)19(24-26-13-21(28-24)23(25)29)10-11-30-18-8-9-22-20(12-18)27-16(2)32-22/h3-9,12-13,15,19H,10-11,14H2,1-2H3,(H2,25,29)(H,26,28)/t15-,19-/m0/s1. The summed E-state index contributed by atoms with van der Waals surface area (Å²) in [5.74, 6) is 0.797. The highest BCUT2D eigenvalue weighted by atomic mass is 32.1. The minimum Gasteiger partial charge on any atom is -0.493 e. The molecular formula is C24H26N4O3S. The molecule has 2 aromatic heterocycles. The lowest BCUT2D eigenvalue weighted by molar-refractivity contribution is 0.0277. The smallest absolute Gasteiger partial charge is 0.266 e. The number of primary amides is 1. The number of imidazole rings is 1. The Bertz CT molecular complexity index is 1190. The quantitative estimate of drug-likeness (QED) is 0.368. The first-order valence-corrected chi connectivity index (χ1v) is 11.3. The van der Waals surface area contributed by atoms with Crippen LogP contribution in [0, 0.1) is 6.92 Å². The number of thiazole rings is 1. The Labute approximate surface area is 190 Å². The van der Waals surface area contributed by atoms with E-state index in [1.165, 1.54) is 6.20 Å². The van der Waals surface area contributed by atoms with Gasteiger partial charge in [-0.05, 0) is 38.0 Å². The van der Waals surface area contributed by atoms with Gasteiger partial charge in [0.2, 0.25) is 0 Å². The van der Waals surface area contributed by atoms with Gasteiger partial charge in [0.25, 0.3) is 5.91 Å². The molecule has 0 spiro atoms. The lowest BCUT2D eigenvalue weighted by Crippen LogP contribution is -2.23. The van der Waals surface area contributed by atoms with Crippen molar-refractivity contribution in [3.05, 3.63) is 76.8 Å². The summed E-state index contributed by atoms with van der Waals surface area (Å²) < 4.78 is 13.3. The Balaban J connectivity index is 1.44. The van der Waals surface area contributed by atoms with Crippen molar-refractivity contribution in [1.82, 2.24) is 15.0 Å². The van der Waals surface area contributed by atoms with E-state index in [1.807, 2.05) is 62.4 Å². The van der Waals surface area contributed by atoms with Crippen molar-refractivity contribution in [3.8, 4) is 5.75 Å². The number of hydrogen-bond donors (Lipinski definition) is 2. The summed E-state index contributed by atoms with van der Waals surface area (Å²) in [5.41, 5.74) is 7.71. The van der Waals surface area contributed by atoms with Crippen LogP contribution in [0.1, 0.15) is 46.1 Å². The molecule has 0 radical (unpaired) electrons. The molecule has 0 aliphatic rings. The molecule has 0 saturated heterocycles. The van der Waals surface area contributed by atoms with Crippen LogP contribution in [0.2, 0.25) is 0 Å². The number of ether oxygens (including phenoxy) is 2. The van der Waals surface area contributed by atoms with E-state index in [9.17, 15) is 4.79 Å². The third kappa shape index (κ3) is 5.33. The summed E-state index contributed by atoms with van der Waals surface area (Å²) in [6, 6.07) is 16.0. The predicted molar refractivity (Wildman–Crippen MR) is 125 cm³/mol. The van der Waals surface area contributed by atoms with Crippen LogP contribution >= 0.6 is 11.3 Å². The molecule has 1 amide bonds. The van der Waals surface area contributed by atoms with Gasteiger partial charge in [-0.15, -0.1) is 11.3 Å². The number of carbonyl (C=O) groups is 1. The largest absolute Gasteiger partial charge is 0.493 e. The number of amides is 1. The van der Waals surface area contributed by atoms with Gasteiger partial charge in [0.1, 0.15) is 17.3 Å². The predicted octanol–water partition coefficient (Wildman–Crippen LogP) is 4.58. The van der Waals surface area contributed by atoms with Gasteiger partial charge in [0, 0.05) is 12.0 Å². The van der Waals surface area contributed by atoms with E-state index >= 15 is 0 Å². The SMILES string of the molecule is Cc1nc2cc(OCC[C@H](c3ncc(C(N)=O)[nH]3)[C@H](C)OCc3ccccc3)ccc2s1. The van der Waals surface area contributed by atoms with Gasteiger partial charge in [0.15, 0.2) is 0 Å². The molecule has 2 atom stereocenters. The molecule has 3 N–H and O–H groups in total. The third-order valence-electron chi connectivity index (χ3n) is 5.30. The first kappa shape index (κ1) is 22.0. The van der Waals surface area contributed by atoms with Crippen LogP contribution in [-0.2, 0) is 11.3 Å². The van der Waals surface area contributed by atoms with Crippen molar-refractivity contribution >= 4 is 27.5 Å². The number of carbonyl (C=O) groups excluding carboxylic acids is 1. The zero-order chi connectivity index (χ0) is 22.5. The molecule has 0 saturated carbocycles. The zero-order valence-corrected chi connectivity index (χ0v) is 18.9. The van der Waals surface area contributed by atoms with Crippen molar-refractivity contribution in [2.24, 2.45) is 5.73 Å². The van der Waals surface area contributed by atoms with E-state index < -0.39 is 5.91 Å². The number of nitrogens with two attached hydrogens (primary N) is 1. The van der Waals surface area contributed by atoms with Crippen molar-refractivity contribution in [3.63, 3.8) is 0 Å². The molecule has 166 valence electrons.